The maximum absolute atomic E-state index is 12.6. The molecule has 6 nitrogen and oxygen atoms in total. The Morgan fingerprint density at radius 1 is 1.14 bits per heavy atom. The molecule has 0 radical (unpaired) electrons. The second-order valence-electron chi connectivity index (χ2n) is 7.44. The Kier molecular flexibility index (Phi) is 4.94. The first-order chi connectivity index (χ1) is 13.5. The van der Waals surface area contributed by atoms with Crippen molar-refractivity contribution in [1.29, 1.82) is 5.41 Å². The van der Waals surface area contributed by atoms with E-state index >= 15 is 0 Å². The molecule has 2 N–H and O–H groups in total. The summed E-state index contributed by atoms with van der Waals surface area (Å²) in [4.78, 5) is 24.8. The lowest BCUT2D eigenvalue weighted by Gasteiger charge is -2.24. The van der Waals surface area contributed by atoms with Crippen LogP contribution in [0.5, 0.6) is 0 Å². The van der Waals surface area contributed by atoms with E-state index in [4.69, 9.17) is 9.93 Å². The highest BCUT2D eigenvalue weighted by Gasteiger charge is 2.32. The zero-order valence-electron chi connectivity index (χ0n) is 15.5. The molecule has 4 rings (SSSR count). The molecule has 1 fully saturated rings. The Hall–Kier alpha value is -3.02. The lowest BCUT2D eigenvalue weighted by Crippen LogP contribution is -2.26. The van der Waals surface area contributed by atoms with Gasteiger partial charge in [-0.1, -0.05) is 35.5 Å². The van der Waals surface area contributed by atoms with E-state index in [9.17, 15) is 14.7 Å². The van der Waals surface area contributed by atoms with Crippen molar-refractivity contribution in [3.8, 4) is 0 Å². The Morgan fingerprint density at radius 2 is 1.93 bits per heavy atom. The average Bonchev–Trinajstić information content (AvgIpc) is 3.11. The standard InChI is InChI=1S/C22H22N2O4/c23-15-11-14(13-5-2-1-3-6-13)12-19(27)21(15)18(26)10-9-16-22-17(25)7-4-8-20(22)28-24-16/h1-3,5-6,14,23,26H,4,7-12H2/b21-18-,23-15?. The number of hydrogen-bond acceptors (Lipinski definition) is 6. The molecule has 2 aliphatic carbocycles. The molecule has 6 heteroatoms. The second kappa shape index (κ2) is 7.54. The van der Waals surface area contributed by atoms with Gasteiger partial charge in [0.2, 0.25) is 0 Å². The Labute approximate surface area is 162 Å². The van der Waals surface area contributed by atoms with Crippen LogP contribution in [-0.4, -0.2) is 27.5 Å². The first kappa shape index (κ1) is 18.3. The van der Waals surface area contributed by atoms with E-state index in [0.29, 0.717) is 42.7 Å². The van der Waals surface area contributed by atoms with E-state index in [0.717, 1.165) is 12.0 Å². The molecule has 2 aliphatic rings. The van der Waals surface area contributed by atoms with Gasteiger partial charge in [-0.05, 0) is 24.3 Å². The number of ketones is 2. The molecule has 1 aromatic heterocycles. The normalized spacial score (nSPS) is 21.6. The average molecular weight is 378 g/mol. The summed E-state index contributed by atoms with van der Waals surface area (Å²) in [5.74, 6) is 0.308. The minimum absolute atomic E-state index is 0.0248. The van der Waals surface area contributed by atoms with E-state index in [1.54, 1.807) is 0 Å². The topological polar surface area (TPSA) is 104 Å². The van der Waals surface area contributed by atoms with Gasteiger partial charge < -0.3 is 15.0 Å². The molecular weight excluding hydrogens is 356 g/mol. The molecule has 0 aliphatic heterocycles. The van der Waals surface area contributed by atoms with Crippen LogP contribution in [0, 0.1) is 5.41 Å². The van der Waals surface area contributed by atoms with Gasteiger partial charge in [0.1, 0.15) is 11.5 Å². The Balaban J connectivity index is 1.49. The maximum Gasteiger partial charge on any atom is 0.168 e. The van der Waals surface area contributed by atoms with Crippen LogP contribution >= 0.6 is 0 Å². The monoisotopic (exact) mass is 378 g/mol. The van der Waals surface area contributed by atoms with Crippen LogP contribution < -0.4 is 0 Å². The molecule has 1 aromatic carbocycles. The summed E-state index contributed by atoms with van der Waals surface area (Å²) >= 11 is 0. The number of nitrogens with one attached hydrogen (secondary N) is 1. The number of rotatable bonds is 4. The summed E-state index contributed by atoms with van der Waals surface area (Å²) in [6.45, 7) is 0. The largest absolute Gasteiger partial charge is 0.511 e. The number of aromatic nitrogens is 1. The van der Waals surface area contributed by atoms with E-state index in [2.05, 4.69) is 5.16 Å². The third-order valence-corrected chi connectivity index (χ3v) is 5.54. The van der Waals surface area contributed by atoms with E-state index in [1.807, 2.05) is 30.3 Å². The quantitative estimate of drug-likeness (QED) is 0.615. The zero-order valence-corrected chi connectivity index (χ0v) is 15.5. The molecule has 1 heterocycles. The van der Waals surface area contributed by atoms with Crippen LogP contribution in [-0.2, 0) is 17.6 Å². The molecule has 0 spiro atoms. The Bertz CT molecular complexity index is 952. The van der Waals surface area contributed by atoms with E-state index in [1.165, 1.54) is 0 Å². The van der Waals surface area contributed by atoms with Gasteiger partial charge in [-0.3, -0.25) is 9.59 Å². The minimum Gasteiger partial charge on any atom is -0.511 e. The number of allylic oxidation sites excluding steroid dienone is 2. The molecule has 0 amide bonds. The number of benzene rings is 1. The van der Waals surface area contributed by atoms with Gasteiger partial charge in [0.05, 0.1) is 16.8 Å². The summed E-state index contributed by atoms with van der Waals surface area (Å²) in [6, 6.07) is 9.69. The van der Waals surface area contributed by atoms with Gasteiger partial charge in [0.15, 0.2) is 11.6 Å². The number of fused-ring (bicyclic) bond motifs is 1. The van der Waals surface area contributed by atoms with Crippen molar-refractivity contribution in [2.45, 2.75) is 50.9 Å². The highest BCUT2D eigenvalue weighted by Crippen LogP contribution is 2.33. The highest BCUT2D eigenvalue weighted by atomic mass is 16.5. The first-order valence-electron chi connectivity index (χ1n) is 9.63. The van der Waals surface area contributed by atoms with Gasteiger partial charge in [-0.25, -0.2) is 0 Å². The molecule has 144 valence electrons. The van der Waals surface area contributed by atoms with Crippen molar-refractivity contribution >= 4 is 17.3 Å². The van der Waals surface area contributed by atoms with Crippen LogP contribution in [0.2, 0.25) is 0 Å². The van der Waals surface area contributed by atoms with Crippen LogP contribution in [0.25, 0.3) is 0 Å². The van der Waals surface area contributed by atoms with Crippen LogP contribution in [0.15, 0.2) is 46.2 Å². The third kappa shape index (κ3) is 3.42. The summed E-state index contributed by atoms with van der Waals surface area (Å²) < 4.78 is 5.26. The molecule has 1 unspecified atom stereocenters. The fourth-order valence-electron chi connectivity index (χ4n) is 4.13. The van der Waals surface area contributed by atoms with Crippen LogP contribution in [0.3, 0.4) is 0 Å². The molecule has 2 aromatic rings. The highest BCUT2D eigenvalue weighted by molar-refractivity contribution is 6.23. The first-order valence-corrected chi connectivity index (χ1v) is 9.63. The van der Waals surface area contributed by atoms with Crippen molar-refractivity contribution in [2.24, 2.45) is 0 Å². The molecular formula is C22H22N2O4. The summed E-state index contributed by atoms with van der Waals surface area (Å²) in [6.07, 6.45) is 3.12. The zero-order chi connectivity index (χ0) is 19.7. The van der Waals surface area contributed by atoms with Crippen molar-refractivity contribution in [1.82, 2.24) is 5.16 Å². The van der Waals surface area contributed by atoms with E-state index < -0.39 is 0 Å². The lowest BCUT2D eigenvalue weighted by molar-refractivity contribution is -0.116. The molecule has 1 saturated carbocycles. The fraction of sp³-hybridized carbons (Fsp3) is 0.364. The number of nitrogens with zero attached hydrogens (tertiary/aromatic N) is 1. The number of Topliss-reactive ketones (excluding diaryl/α,β-unsaturated/α-hetero) is 2. The SMILES string of the molecule is N=C1CC(c2ccccc2)CC(=O)/C1=C(\O)CCc1noc2c1C(=O)CCC2. The van der Waals surface area contributed by atoms with Gasteiger partial charge in [-0.2, -0.15) is 0 Å². The predicted molar refractivity (Wildman–Crippen MR) is 103 cm³/mol. The van der Waals surface area contributed by atoms with Gasteiger partial charge >= 0.3 is 0 Å². The molecule has 28 heavy (non-hydrogen) atoms. The molecule has 0 bridgehead atoms. The summed E-state index contributed by atoms with van der Waals surface area (Å²) in [5.41, 5.74) is 2.39. The van der Waals surface area contributed by atoms with Crippen molar-refractivity contribution in [3.05, 3.63) is 64.2 Å². The van der Waals surface area contributed by atoms with Crippen LogP contribution in [0.1, 0.15) is 65.4 Å². The molecule has 0 saturated heterocycles. The van der Waals surface area contributed by atoms with Crippen LogP contribution in [0.4, 0.5) is 0 Å². The number of aryl methyl sites for hydroxylation is 2. The number of aliphatic hydroxyl groups excluding tert-OH is 1. The van der Waals surface area contributed by atoms with Crippen molar-refractivity contribution in [3.63, 3.8) is 0 Å². The number of carbonyl (C=O) groups excluding carboxylic acids is 2. The van der Waals surface area contributed by atoms with Gasteiger partial charge in [0.25, 0.3) is 0 Å². The predicted octanol–water partition coefficient (Wildman–Crippen LogP) is 4.10. The summed E-state index contributed by atoms with van der Waals surface area (Å²) in [7, 11) is 0. The van der Waals surface area contributed by atoms with Gasteiger partial charge in [0, 0.05) is 37.8 Å². The maximum atomic E-state index is 12.6. The lowest BCUT2D eigenvalue weighted by atomic mass is 9.79. The summed E-state index contributed by atoms with van der Waals surface area (Å²) in [5, 5.41) is 22.8. The molecule has 1 atom stereocenters. The number of carbonyl (C=O) groups is 2. The van der Waals surface area contributed by atoms with Crippen molar-refractivity contribution in [2.75, 3.05) is 0 Å². The van der Waals surface area contributed by atoms with E-state index in [-0.39, 0.29) is 47.4 Å². The number of aliphatic hydroxyl groups is 1. The smallest absolute Gasteiger partial charge is 0.168 e. The minimum atomic E-state index is -0.208. The van der Waals surface area contributed by atoms with Crippen molar-refractivity contribution < 1.29 is 19.2 Å². The third-order valence-electron chi connectivity index (χ3n) is 5.54. The Morgan fingerprint density at radius 3 is 2.68 bits per heavy atom. The fourth-order valence-corrected chi connectivity index (χ4v) is 4.13. The number of hydrogen-bond donors (Lipinski definition) is 2. The second-order valence-corrected chi connectivity index (χ2v) is 7.44. The van der Waals surface area contributed by atoms with Gasteiger partial charge in [-0.15, -0.1) is 0 Å².